The topological polar surface area (TPSA) is 54.0 Å². The van der Waals surface area contributed by atoms with Gasteiger partial charge in [0, 0.05) is 41.2 Å². The predicted molar refractivity (Wildman–Crippen MR) is 99.2 cm³/mol. The van der Waals surface area contributed by atoms with Crippen molar-refractivity contribution in [2.75, 3.05) is 24.2 Å². The van der Waals surface area contributed by atoms with Crippen LogP contribution in [0.15, 0.2) is 35.4 Å². The number of nitrogens with one attached hydrogen (secondary N) is 1. The molecule has 0 amide bonds. The molecule has 0 aromatic carbocycles. The highest BCUT2D eigenvalue weighted by atomic mass is 32.2. The van der Waals surface area contributed by atoms with E-state index in [2.05, 4.69) is 30.7 Å². The normalized spacial score (nSPS) is 14.5. The fraction of sp³-hybridized carbons (Fsp3) is 0.333. The Morgan fingerprint density at radius 2 is 2.04 bits per heavy atom. The van der Waals surface area contributed by atoms with Crippen LogP contribution in [-0.4, -0.2) is 40.9 Å². The summed E-state index contributed by atoms with van der Waals surface area (Å²) in [5.74, 6) is 0.840. The van der Waals surface area contributed by atoms with E-state index in [-0.39, 0.29) is 5.88 Å². The fourth-order valence-electron chi connectivity index (χ4n) is 3.22. The van der Waals surface area contributed by atoms with Crippen molar-refractivity contribution in [3.63, 3.8) is 0 Å². The number of thioether (sulfide) groups is 1. The van der Waals surface area contributed by atoms with Crippen LogP contribution < -0.4 is 9.64 Å². The van der Waals surface area contributed by atoms with Gasteiger partial charge in [-0.25, -0.2) is 4.98 Å². The van der Waals surface area contributed by atoms with Gasteiger partial charge in [0.05, 0.1) is 5.69 Å². The largest absolute Gasteiger partial charge is 0.417 e. The summed E-state index contributed by atoms with van der Waals surface area (Å²) < 4.78 is 29.2. The van der Waals surface area contributed by atoms with Crippen molar-refractivity contribution < 1.29 is 13.5 Å². The number of hydrogen-bond acceptors (Lipinski definition) is 5. The average Bonchev–Trinajstić information content (AvgIpc) is 3.30. The van der Waals surface area contributed by atoms with Crippen molar-refractivity contribution in [3.05, 3.63) is 30.5 Å². The van der Waals surface area contributed by atoms with Crippen LogP contribution in [0.2, 0.25) is 0 Å². The molecule has 8 heteroatoms. The van der Waals surface area contributed by atoms with E-state index in [4.69, 9.17) is 0 Å². The van der Waals surface area contributed by atoms with Crippen LogP contribution >= 0.6 is 11.8 Å². The maximum absolute atomic E-state index is 12.4. The summed E-state index contributed by atoms with van der Waals surface area (Å²) in [6.07, 6.45) is 6.22. The Balaban J connectivity index is 1.78. The number of hydrogen-bond donors (Lipinski definition) is 1. The number of halogens is 2. The van der Waals surface area contributed by atoms with Gasteiger partial charge >= 0.3 is 6.61 Å². The minimum Gasteiger partial charge on any atom is -0.417 e. The number of ether oxygens (including phenoxy) is 1. The molecular formula is C18H18F2N4OS. The molecule has 1 N–H and O–H groups in total. The third-order valence-electron chi connectivity index (χ3n) is 4.44. The van der Waals surface area contributed by atoms with Gasteiger partial charge < -0.3 is 14.6 Å². The minimum atomic E-state index is -2.89. The average molecular weight is 376 g/mol. The number of anilines is 1. The van der Waals surface area contributed by atoms with Crippen molar-refractivity contribution in [2.24, 2.45) is 0 Å². The smallest absolute Gasteiger partial charge is 0.388 e. The molecule has 1 fully saturated rings. The van der Waals surface area contributed by atoms with Crippen molar-refractivity contribution in [1.29, 1.82) is 0 Å². The molecule has 4 rings (SSSR count). The Hall–Kier alpha value is -2.35. The summed E-state index contributed by atoms with van der Waals surface area (Å²) in [6.45, 7) is -0.911. The van der Waals surface area contributed by atoms with Crippen LogP contribution in [0.25, 0.3) is 22.3 Å². The van der Waals surface area contributed by atoms with Crippen LogP contribution in [0.4, 0.5) is 14.6 Å². The number of H-pyrrole nitrogens is 1. The van der Waals surface area contributed by atoms with Crippen LogP contribution in [0, 0.1) is 0 Å². The Morgan fingerprint density at radius 3 is 2.77 bits per heavy atom. The van der Waals surface area contributed by atoms with E-state index in [0.29, 0.717) is 5.65 Å². The Bertz CT molecular complexity index is 925. The van der Waals surface area contributed by atoms with E-state index in [1.54, 1.807) is 17.8 Å². The third-order valence-corrected chi connectivity index (χ3v) is 5.13. The monoisotopic (exact) mass is 376 g/mol. The summed E-state index contributed by atoms with van der Waals surface area (Å²) in [5.41, 5.74) is 2.38. The number of fused-ring (bicyclic) bond motifs is 1. The second-order valence-corrected chi connectivity index (χ2v) is 6.97. The van der Waals surface area contributed by atoms with Gasteiger partial charge in [-0.3, -0.25) is 0 Å². The molecule has 136 valence electrons. The second-order valence-electron chi connectivity index (χ2n) is 6.09. The summed E-state index contributed by atoms with van der Waals surface area (Å²) in [5, 5.41) is 0.837. The van der Waals surface area contributed by atoms with E-state index in [1.807, 2.05) is 18.5 Å². The maximum atomic E-state index is 12.4. The van der Waals surface area contributed by atoms with Gasteiger partial charge in [-0.2, -0.15) is 13.8 Å². The first-order valence-corrected chi connectivity index (χ1v) is 9.60. The van der Waals surface area contributed by atoms with Gasteiger partial charge in [0.15, 0.2) is 0 Å². The highest BCUT2D eigenvalue weighted by Gasteiger charge is 2.20. The van der Waals surface area contributed by atoms with Gasteiger partial charge in [0.25, 0.3) is 0 Å². The molecule has 4 heterocycles. The zero-order valence-electron chi connectivity index (χ0n) is 14.2. The molecule has 5 nitrogen and oxygen atoms in total. The number of aromatic amines is 1. The number of rotatable bonds is 5. The first kappa shape index (κ1) is 17.1. The molecule has 0 radical (unpaired) electrons. The summed E-state index contributed by atoms with van der Waals surface area (Å²) in [6, 6.07) is 7.24. The maximum Gasteiger partial charge on any atom is 0.388 e. The standard InChI is InChI=1S/C18H18F2N4OS/c1-26-12-9-13(17(21-10-12)24-6-2-3-7-24)14-8-11-4-5-15(25-18(19)20)23-16(11)22-14/h4-5,8-10,18H,2-3,6-7H2,1H3,(H,22,23). The predicted octanol–water partition coefficient (Wildman–Crippen LogP) is 4.55. The Labute approximate surface area is 153 Å². The van der Waals surface area contributed by atoms with Gasteiger partial charge in [-0.15, -0.1) is 11.8 Å². The Kier molecular flexibility index (Phi) is 4.67. The summed E-state index contributed by atoms with van der Waals surface area (Å²) in [7, 11) is 0. The highest BCUT2D eigenvalue weighted by molar-refractivity contribution is 7.98. The quantitative estimate of drug-likeness (QED) is 0.662. The molecule has 0 atom stereocenters. The molecule has 26 heavy (non-hydrogen) atoms. The molecule has 0 bridgehead atoms. The molecule has 1 aliphatic heterocycles. The number of alkyl halides is 2. The van der Waals surface area contributed by atoms with Gasteiger partial charge in [0.2, 0.25) is 5.88 Å². The first-order chi connectivity index (χ1) is 12.6. The summed E-state index contributed by atoms with van der Waals surface area (Å²) in [4.78, 5) is 15.4. The molecule has 3 aromatic rings. The first-order valence-electron chi connectivity index (χ1n) is 8.38. The lowest BCUT2D eigenvalue weighted by atomic mass is 10.1. The molecule has 1 saturated heterocycles. The van der Waals surface area contributed by atoms with Crippen LogP contribution in [0.3, 0.4) is 0 Å². The van der Waals surface area contributed by atoms with Gasteiger partial charge in [-0.05, 0) is 37.3 Å². The second kappa shape index (κ2) is 7.11. The third kappa shape index (κ3) is 3.33. The molecule has 0 aliphatic carbocycles. The van der Waals surface area contributed by atoms with Crippen molar-refractivity contribution in [1.82, 2.24) is 15.0 Å². The van der Waals surface area contributed by atoms with E-state index in [9.17, 15) is 8.78 Å². The van der Waals surface area contributed by atoms with Gasteiger partial charge in [0.1, 0.15) is 11.5 Å². The lowest BCUT2D eigenvalue weighted by molar-refractivity contribution is -0.0526. The molecular weight excluding hydrogens is 358 g/mol. The van der Waals surface area contributed by atoms with Crippen molar-refractivity contribution in [3.8, 4) is 17.1 Å². The molecule has 3 aromatic heterocycles. The fourth-order valence-corrected chi connectivity index (χ4v) is 3.61. The number of nitrogens with zero attached hydrogens (tertiary/aromatic N) is 3. The van der Waals surface area contributed by atoms with Crippen LogP contribution in [-0.2, 0) is 0 Å². The SMILES string of the molecule is CSc1cnc(N2CCCC2)c(-c2cc3ccc(OC(F)F)nc3[nH]2)c1. The summed E-state index contributed by atoms with van der Waals surface area (Å²) >= 11 is 1.63. The molecule has 0 spiro atoms. The lowest BCUT2D eigenvalue weighted by Crippen LogP contribution is -2.19. The zero-order valence-corrected chi connectivity index (χ0v) is 15.0. The van der Waals surface area contributed by atoms with Crippen molar-refractivity contribution >= 4 is 28.6 Å². The molecule has 0 unspecified atom stereocenters. The minimum absolute atomic E-state index is 0.100. The lowest BCUT2D eigenvalue weighted by Gasteiger charge is -2.20. The van der Waals surface area contributed by atoms with Crippen LogP contribution in [0.5, 0.6) is 5.88 Å². The van der Waals surface area contributed by atoms with E-state index in [0.717, 1.165) is 53.3 Å². The number of aromatic nitrogens is 3. The number of pyridine rings is 2. The van der Waals surface area contributed by atoms with E-state index in [1.165, 1.54) is 6.07 Å². The highest BCUT2D eigenvalue weighted by Crippen LogP contribution is 2.35. The van der Waals surface area contributed by atoms with Crippen molar-refractivity contribution in [2.45, 2.75) is 24.3 Å². The Morgan fingerprint density at radius 1 is 1.23 bits per heavy atom. The van der Waals surface area contributed by atoms with Crippen LogP contribution in [0.1, 0.15) is 12.8 Å². The molecule has 0 saturated carbocycles. The molecule has 1 aliphatic rings. The zero-order chi connectivity index (χ0) is 18.1. The van der Waals surface area contributed by atoms with Gasteiger partial charge in [-0.1, -0.05) is 0 Å². The van der Waals surface area contributed by atoms with E-state index >= 15 is 0 Å². The van der Waals surface area contributed by atoms with E-state index < -0.39 is 6.61 Å².